The van der Waals surface area contributed by atoms with E-state index < -0.39 is 0 Å². The summed E-state index contributed by atoms with van der Waals surface area (Å²) in [7, 11) is 1.80. The lowest BCUT2D eigenvalue weighted by Gasteiger charge is -2.12. The van der Waals surface area contributed by atoms with Crippen molar-refractivity contribution >= 4 is 5.91 Å². The summed E-state index contributed by atoms with van der Waals surface area (Å²) in [5, 5.41) is 6.90. The average Bonchev–Trinajstić information content (AvgIpc) is 2.83. The number of hydrogen-bond donors (Lipinski definition) is 1. The molecule has 2 rings (SSSR count). The van der Waals surface area contributed by atoms with Gasteiger partial charge >= 0.3 is 0 Å². The molecule has 0 radical (unpaired) electrons. The van der Waals surface area contributed by atoms with E-state index in [0.717, 1.165) is 0 Å². The summed E-state index contributed by atoms with van der Waals surface area (Å²) in [6, 6.07) is 10.1. The molecule has 0 saturated carbocycles. The molecule has 1 unspecified atom stereocenters. The molecule has 1 N–H and O–H groups in total. The fourth-order valence-corrected chi connectivity index (χ4v) is 1.79. The average molecular weight is 243 g/mol. The zero-order chi connectivity index (χ0) is 13.0. The van der Waals surface area contributed by atoms with E-state index in [4.69, 9.17) is 0 Å². The van der Waals surface area contributed by atoms with E-state index in [0.29, 0.717) is 18.0 Å². The Balaban J connectivity index is 1.90. The van der Waals surface area contributed by atoms with Crippen LogP contribution in [0.2, 0.25) is 0 Å². The predicted molar refractivity (Wildman–Crippen MR) is 70.4 cm³/mol. The lowest BCUT2D eigenvalue weighted by Crippen LogP contribution is -2.27. The Labute approximate surface area is 107 Å². The van der Waals surface area contributed by atoms with Gasteiger partial charge in [0, 0.05) is 19.8 Å². The molecule has 1 aromatic carbocycles. The topological polar surface area (TPSA) is 46.9 Å². The Morgan fingerprint density at radius 1 is 1.39 bits per heavy atom. The number of nitrogens with zero attached hydrogens (tertiary/aromatic N) is 2. The Bertz CT molecular complexity index is 519. The Morgan fingerprint density at radius 3 is 2.72 bits per heavy atom. The van der Waals surface area contributed by atoms with Crippen LogP contribution in [0, 0.1) is 0 Å². The van der Waals surface area contributed by atoms with Gasteiger partial charge in [0.15, 0.2) is 0 Å². The van der Waals surface area contributed by atoms with Crippen molar-refractivity contribution in [2.75, 3.05) is 6.54 Å². The molecule has 2 aromatic rings. The van der Waals surface area contributed by atoms with Crippen LogP contribution in [0.3, 0.4) is 0 Å². The number of rotatable bonds is 4. The monoisotopic (exact) mass is 243 g/mol. The second-order valence-electron chi connectivity index (χ2n) is 4.42. The molecule has 1 aromatic heterocycles. The quantitative estimate of drug-likeness (QED) is 0.892. The van der Waals surface area contributed by atoms with E-state index in [1.807, 2.05) is 18.2 Å². The van der Waals surface area contributed by atoms with Crippen LogP contribution in [0.25, 0.3) is 0 Å². The molecule has 4 heteroatoms. The minimum atomic E-state index is -0.0779. The van der Waals surface area contributed by atoms with Crippen LogP contribution in [-0.4, -0.2) is 22.2 Å². The maximum atomic E-state index is 11.8. The Morgan fingerprint density at radius 2 is 2.11 bits per heavy atom. The van der Waals surface area contributed by atoms with Crippen molar-refractivity contribution in [3.8, 4) is 0 Å². The molecule has 0 aliphatic heterocycles. The van der Waals surface area contributed by atoms with Crippen molar-refractivity contribution in [2.24, 2.45) is 7.05 Å². The van der Waals surface area contributed by atoms with E-state index >= 15 is 0 Å². The van der Waals surface area contributed by atoms with Crippen molar-refractivity contribution in [3.05, 3.63) is 53.9 Å². The maximum Gasteiger partial charge on any atom is 0.254 e. The predicted octanol–water partition coefficient (Wildman–Crippen LogP) is 1.95. The van der Waals surface area contributed by atoms with Crippen molar-refractivity contribution in [1.29, 1.82) is 0 Å². The fourth-order valence-electron chi connectivity index (χ4n) is 1.79. The summed E-state index contributed by atoms with van der Waals surface area (Å²) < 4.78 is 1.62. The van der Waals surface area contributed by atoms with Crippen LogP contribution in [0.5, 0.6) is 0 Å². The van der Waals surface area contributed by atoms with E-state index in [-0.39, 0.29) is 5.91 Å². The highest BCUT2D eigenvalue weighted by Gasteiger charge is 2.10. The number of aromatic nitrogens is 2. The molecule has 1 atom stereocenters. The molecule has 0 spiro atoms. The van der Waals surface area contributed by atoms with Crippen LogP contribution in [0.1, 0.15) is 28.8 Å². The zero-order valence-corrected chi connectivity index (χ0v) is 10.6. The highest BCUT2D eigenvalue weighted by atomic mass is 16.1. The number of hydrogen-bond acceptors (Lipinski definition) is 2. The van der Waals surface area contributed by atoms with Crippen molar-refractivity contribution < 1.29 is 4.79 Å². The number of amides is 1. The summed E-state index contributed by atoms with van der Waals surface area (Å²) in [4.78, 5) is 11.8. The highest BCUT2D eigenvalue weighted by Crippen LogP contribution is 2.13. The highest BCUT2D eigenvalue weighted by molar-refractivity contribution is 5.93. The van der Waals surface area contributed by atoms with E-state index in [1.54, 1.807) is 24.1 Å². The number of nitrogens with one attached hydrogen (secondary N) is 1. The molecule has 0 fully saturated rings. The van der Waals surface area contributed by atoms with Crippen LogP contribution in [0.4, 0.5) is 0 Å². The van der Waals surface area contributed by atoms with Crippen LogP contribution >= 0.6 is 0 Å². The van der Waals surface area contributed by atoms with E-state index in [2.05, 4.69) is 29.5 Å². The number of carbonyl (C=O) groups is 1. The molecular weight excluding hydrogens is 226 g/mol. The van der Waals surface area contributed by atoms with Gasteiger partial charge in [-0.25, -0.2) is 0 Å². The van der Waals surface area contributed by atoms with Gasteiger partial charge in [0.2, 0.25) is 0 Å². The fraction of sp³-hybridized carbons (Fsp3) is 0.286. The molecule has 18 heavy (non-hydrogen) atoms. The number of aryl methyl sites for hydroxylation is 1. The third-order valence-corrected chi connectivity index (χ3v) is 2.90. The summed E-state index contributed by atoms with van der Waals surface area (Å²) in [5.74, 6) is 0.220. The number of carbonyl (C=O) groups excluding carboxylic acids is 1. The van der Waals surface area contributed by atoms with Gasteiger partial charge in [0.1, 0.15) is 0 Å². The van der Waals surface area contributed by atoms with Gasteiger partial charge in [-0.3, -0.25) is 9.48 Å². The molecule has 0 saturated heterocycles. The molecule has 1 heterocycles. The van der Waals surface area contributed by atoms with Gasteiger partial charge in [-0.2, -0.15) is 5.10 Å². The smallest absolute Gasteiger partial charge is 0.254 e. The molecular formula is C14H17N3O. The van der Waals surface area contributed by atoms with Gasteiger partial charge in [-0.1, -0.05) is 37.3 Å². The molecule has 0 aliphatic rings. The zero-order valence-electron chi connectivity index (χ0n) is 10.6. The first-order valence-electron chi connectivity index (χ1n) is 5.98. The minimum Gasteiger partial charge on any atom is -0.351 e. The first-order chi connectivity index (χ1) is 8.66. The van der Waals surface area contributed by atoms with Gasteiger partial charge in [0.25, 0.3) is 5.91 Å². The van der Waals surface area contributed by atoms with Crippen molar-refractivity contribution in [1.82, 2.24) is 15.1 Å². The molecule has 4 nitrogen and oxygen atoms in total. The van der Waals surface area contributed by atoms with E-state index in [9.17, 15) is 4.79 Å². The lowest BCUT2D eigenvalue weighted by atomic mass is 10.0. The van der Waals surface area contributed by atoms with Crippen LogP contribution in [-0.2, 0) is 7.05 Å². The molecule has 1 amide bonds. The third kappa shape index (κ3) is 2.97. The third-order valence-electron chi connectivity index (χ3n) is 2.90. The van der Waals surface area contributed by atoms with Gasteiger partial charge in [-0.15, -0.1) is 0 Å². The second kappa shape index (κ2) is 5.49. The first kappa shape index (κ1) is 12.4. The summed E-state index contributed by atoms with van der Waals surface area (Å²) in [5.41, 5.74) is 1.82. The number of benzene rings is 1. The summed E-state index contributed by atoms with van der Waals surface area (Å²) in [6.07, 6.45) is 3.28. The van der Waals surface area contributed by atoms with Gasteiger partial charge < -0.3 is 5.32 Å². The minimum absolute atomic E-state index is 0.0779. The molecule has 0 bridgehead atoms. The lowest BCUT2D eigenvalue weighted by molar-refractivity contribution is 0.0951. The van der Waals surface area contributed by atoms with Crippen molar-refractivity contribution in [3.63, 3.8) is 0 Å². The molecule has 0 aliphatic carbocycles. The maximum absolute atomic E-state index is 11.8. The SMILES string of the molecule is CC(CNC(=O)c1cnn(C)c1)c1ccccc1. The Hall–Kier alpha value is -2.10. The largest absolute Gasteiger partial charge is 0.351 e. The first-order valence-corrected chi connectivity index (χ1v) is 5.98. The van der Waals surface area contributed by atoms with Crippen molar-refractivity contribution in [2.45, 2.75) is 12.8 Å². The van der Waals surface area contributed by atoms with E-state index in [1.165, 1.54) is 5.56 Å². The molecule has 94 valence electrons. The van der Waals surface area contributed by atoms with Gasteiger partial charge in [-0.05, 0) is 11.5 Å². The van der Waals surface area contributed by atoms with Crippen LogP contribution < -0.4 is 5.32 Å². The van der Waals surface area contributed by atoms with Crippen LogP contribution in [0.15, 0.2) is 42.7 Å². The Kier molecular flexibility index (Phi) is 3.77. The standard InChI is InChI=1S/C14H17N3O/c1-11(12-6-4-3-5-7-12)8-15-14(18)13-9-16-17(2)10-13/h3-7,9-11H,8H2,1-2H3,(H,15,18). The normalized spacial score (nSPS) is 12.1. The summed E-state index contributed by atoms with van der Waals surface area (Å²) in [6.45, 7) is 2.72. The second-order valence-corrected chi connectivity index (χ2v) is 4.42. The van der Waals surface area contributed by atoms with Gasteiger partial charge in [0.05, 0.1) is 11.8 Å². The summed E-state index contributed by atoms with van der Waals surface area (Å²) >= 11 is 0.